The number of ether oxygens (including phenoxy) is 1. The number of carbonyl (C=O) groups excluding carboxylic acids is 5. The quantitative estimate of drug-likeness (QED) is 0.161. The molecule has 3 amide bonds. The summed E-state index contributed by atoms with van der Waals surface area (Å²) in [6, 6.07) is 11.4. The minimum atomic E-state index is -4.20. The molecule has 18 heteroatoms. The van der Waals surface area contributed by atoms with E-state index in [4.69, 9.17) is 9.57 Å². The maximum atomic E-state index is 12.8. The number of amides is 3. The molecule has 15 nitrogen and oxygen atoms in total. The van der Waals surface area contributed by atoms with Gasteiger partial charge >= 0.3 is 5.97 Å². The number of hydrogen-bond donors (Lipinski definition) is 3. The van der Waals surface area contributed by atoms with Crippen molar-refractivity contribution in [3.63, 3.8) is 0 Å². The highest BCUT2D eigenvalue weighted by atomic mass is 32.3. The first-order chi connectivity index (χ1) is 23.2. The SMILES string of the molecule is CN(C(=O)COCC(=O)ON1C(=O)CCC1=O)c1ccc2c(c1)SC(=CC=CC=C1C(=O)c3ccccc3S1(O)O)N2CCCS(=O)(=O)O. The van der Waals surface area contributed by atoms with Crippen molar-refractivity contribution >= 4 is 73.3 Å². The Bertz CT molecular complexity index is 1910. The second-order valence-electron chi connectivity index (χ2n) is 10.8. The monoisotopic (exact) mass is 733 g/mol. The number of carbonyl (C=O) groups is 5. The number of hydroxylamine groups is 2. The fourth-order valence-electron chi connectivity index (χ4n) is 5.05. The molecule has 0 aromatic heterocycles. The lowest BCUT2D eigenvalue weighted by atomic mass is 10.1. The number of thioether (sulfide) groups is 1. The molecule has 260 valence electrons. The fraction of sp³-hybridized carbons (Fsp3) is 0.258. The van der Waals surface area contributed by atoms with E-state index in [0.29, 0.717) is 26.4 Å². The molecule has 1 fully saturated rings. The number of likely N-dealkylation sites (N-methyl/N-ethyl adjacent to an activating group) is 1. The van der Waals surface area contributed by atoms with E-state index in [1.807, 2.05) is 4.90 Å². The molecule has 3 aliphatic rings. The lowest BCUT2D eigenvalue weighted by molar-refractivity contribution is -0.200. The molecule has 2 aromatic carbocycles. The Labute approximate surface area is 286 Å². The molecule has 2 aromatic rings. The topological polar surface area (TPSA) is 208 Å². The Morgan fingerprint density at radius 2 is 1.71 bits per heavy atom. The highest BCUT2D eigenvalue weighted by Gasteiger charge is 2.38. The zero-order valence-corrected chi connectivity index (χ0v) is 28.3. The van der Waals surface area contributed by atoms with Crippen molar-refractivity contribution in [3.05, 3.63) is 82.3 Å². The van der Waals surface area contributed by atoms with Crippen LogP contribution in [0.2, 0.25) is 0 Å². The van der Waals surface area contributed by atoms with Gasteiger partial charge in [-0.25, -0.2) is 4.79 Å². The third kappa shape index (κ3) is 8.13. The minimum absolute atomic E-state index is 0.0573. The Hall–Kier alpha value is -4.30. The van der Waals surface area contributed by atoms with E-state index in [-0.39, 0.29) is 41.2 Å². The molecule has 5 rings (SSSR count). The number of hydrogen-bond acceptors (Lipinski definition) is 13. The van der Waals surface area contributed by atoms with Gasteiger partial charge in [-0.3, -0.25) is 32.8 Å². The van der Waals surface area contributed by atoms with Gasteiger partial charge in [-0.2, -0.15) is 8.42 Å². The Balaban J connectivity index is 1.26. The van der Waals surface area contributed by atoms with Gasteiger partial charge in [0, 0.05) is 42.6 Å². The molecule has 49 heavy (non-hydrogen) atoms. The van der Waals surface area contributed by atoms with E-state index in [9.17, 15) is 46.0 Å². The summed E-state index contributed by atoms with van der Waals surface area (Å²) >= 11 is 1.31. The van der Waals surface area contributed by atoms with E-state index in [0.717, 1.165) is 0 Å². The molecule has 0 aliphatic carbocycles. The van der Waals surface area contributed by atoms with Crippen LogP contribution >= 0.6 is 22.4 Å². The highest BCUT2D eigenvalue weighted by molar-refractivity contribution is 8.28. The lowest BCUT2D eigenvalue weighted by Crippen LogP contribution is -2.35. The molecule has 1 saturated heterocycles. The molecule has 0 bridgehead atoms. The summed E-state index contributed by atoms with van der Waals surface area (Å²) in [4.78, 5) is 69.3. The normalized spacial score (nSPS) is 19.2. The Kier molecular flexibility index (Phi) is 10.8. The van der Waals surface area contributed by atoms with Crippen molar-refractivity contribution in [1.82, 2.24) is 5.06 Å². The number of ketones is 1. The van der Waals surface area contributed by atoms with Crippen molar-refractivity contribution in [2.45, 2.75) is 29.1 Å². The smallest absolute Gasteiger partial charge is 0.358 e. The van der Waals surface area contributed by atoms with Gasteiger partial charge in [-0.15, -0.1) is 15.7 Å². The van der Waals surface area contributed by atoms with E-state index in [2.05, 4.69) is 0 Å². The van der Waals surface area contributed by atoms with E-state index in [1.165, 1.54) is 48.0 Å². The van der Waals surface area contributed by atoms with Gasteiger partial charge in [0.25, 0.3) is 27.8 Å². The molecule has 0 atom stereocenters. The van der Waals surface area contributed by atoms with Crippen LogP contribution in [0.5, 0.6) is 0 Å². The number of benzene rings is 2. The van der Waals surface area contributed by atoms with Crippen molar-refractivity contribution in [3.8, 4) is 0 Å². The number of fused-ring (bicyclic) bond motifs is 2. The van der Waals surface area contributed by atoms with Crippen LogP contribution in [-0.2, 0) is 38.9 Å². The number of Topliss-reactive ketones (excluding diaryl/α,β-unsaturated/α-hetero) is 1. The third-order valence-electron chi connectivity index (χ3n) is 7.47. The summed E-state index contributed by atoms with van der Waals surface area (Å²) in [6.45, 7) is -0.974. The largest absolute Gasteiger partial charge is 0.360 e. The van der Waals surface area contributed by atoms with Crippen LogP contribution < -0.4 is 9.80 Å². The zero-order valence-electron chi connectivity index (χ0n) is 25.9. The van der Waals surface area contributed by atoms with E-state index in [1.54, 1.807) is 42.5 Å². The fourth-order valence-corrected chi connectivity index (χ4v) is 8.28. The first-order valence-electron chi connectivity index (χ1n) is 14.6. The summed E-state index contributed by atoms with van der Waals surface area (Å²) in [5, 5.41) is 1.03. The molecule has 0 spiro atoms. The van der Waals surface area contributed by atoms with Gasteiger partial charge in [0.15, 0.2) is 0 Å². The second kappa shape index (κ2) is 14.7. The van der Waals surface area contributed by atoms with Crippen LogP contribution in [0.1, 0.15) is 29.6 Å². The van der Waals surface area contributed by atoms with Crippen LogP contribution in [0, 0.1) is 0 Å². The average Bonchev–Trinajstić information content (AvgIpc) is 3.62. The van der Waals surface area contributed by atoms with Crippen molar-refractivity contribution in [2.24, 2.45) is 0 Å². The molecule has 3 heterocycles. The lowest BCUT2D eigenvalue weighted by Gasteiger charge is -2.27. The van der Waals surface area contributed by atoms with Crippen LogP contribution in [-0.4, -0.2) is 89.2 Å². The van der Waals surface area contributed by atoms with Gasteiger partial charge in [0.05, 0.1) is 21.4 Å². The summed E-state index contributed by atoms with van der Waals surface area (Å²) in [5.74, 6) is -3.75. The van der Waals surface area contributed by atoms with Crippen molar-refractivity contribution in [2.75, 3.05) is 42.4 Å². The Morgan fingerprint density at radius 3 is 2.41 bits per heavy atom. The Morgan fingerprint density at radius 1 is 1.02 bits per heavy atom. The summed E-state index contributed by atoms with van der Waals surface area (Å²) in [6.07, 6.45) is 6.11. The summed E-state index contributed by atoms with van der Waals surface area (Å²) in [5.41, 5.74) is 1.40. The van der Waals surface area contributed by atoms with Gasteiger partial charge in [-0.05, 0) is 48.9 Å². The molecule has 3 aliphatic heterocycles. The predicted octanol–water partition coefficient (Wildman–Crippen LogP) is 3.75. The minimum Gasteiger partial charge on any atom is -0.360 e. The maximum Gasteiger partial charge on any atom is 0.358 e. The number of imide groups is 1. The summed E-state index contributed by atoms with van der Waals surface area (Å²) < 4.78 is 58.5. The van der Waals surface area contributed by atoms with Crippen LogP contribution in [0.3, 0.4) is 0 Å². The van der Waals surface area contributed by atoms with Crippen LogP contribution in [0.15, 0.2) is 86.5 Å². The highest BCUT2D eigenvalue weighted by Crippen LogP contribution is 2.62. The number of rotatable bonds is 12. The molecular weight excluding hydrogens is 703 g/mol. The maximum absolute atomic E-state index is 12.8. The van der Waals surface area contributed by atoms with Gasteiger partial charge in [-0.1, -0.05) is 36.0 Å². The molecule has 0 saturated carbocycles. The zero-order chi connectivity index (χ0) is 35.5. The van der Waals surface area contributed by atoms with Crippen LogP contribution in [0.4, 0.5) is 11.4 Å². The van der Waals surface area contributed by atoms with Gasteiger partial charge in [0.1, 0.15) is 18.1 Å². The average molecular weight is 734 g/mol. The van der Waals surface area contributed by atoms with Crippen molar-refractivity contribution in [1.29, 1.82) is 0 Å². The van der Waals surface area contributed by atoms with Gasteiger partial charge < -0.3 is 19.4 Å². The molecule has 0 radical (unpaired) electrons. The van der Waals surface area contributed by atoms with E-state index >= 15 is 0 Å². The first-order valence-corrected chi connectivity index (χ1v) is 18.6. The standard InChI is InChI=1S/C31H31N3O12S3/c1-32(28(37)18-45-19-30(38)46-34-26(35)13-14-27(34)36)20-11-12-22-23(17-20)47-29(33(22)15-6-16-48(40,41)42)10-5-4-9-25-31(39)21-7-2-3-8-24(21)49(25,43)44/h2-5,7-12,17,43-44H,6,13-16,18-19H2,1H3,(H,40,41,42). The summed E-state index contributed by atoms with van der Waals surface area (Å²) in [7, 11) is -6.17. The molecular formula is C31H31N3O12S3. The third-order valence-corrected chi connectivity index (χ3v) is 11.3. The van der Waals surface area contributed by atoms with Crippen molar-refractivity contribution < 1.29 is 55.6 Å². The molecule has 0 unspecified atom stereocenters. The second-order valence-corrected chi connectivity index (χ2v) is 15.4. The number of anilines is 2. The van der Waals surface area contributed by atoms with Gasteiger partial charge in [0.2, 0.25) is 5.78 Å². The van der Waals surface area contributed by atoms with E-state index < -0.39 is 69.1 Å². The number of allylic oxidation sites excluding steroid dienone is 5. The number of nitrogens with zero attached hydrogens (tertiary/aromatic N) is 3. The van der Waals surface area contributed by atoms with Crippen LogP contribution in [0.25, 0.3) is 0 Å². The first kappa shape index (κ1) is 36.0. The predicted molar refractivity (Wildman–Crippen MR) is 179 cm³/mol. The molecule has 3 N–H and O–H groups in total.